The second-order valence-electron chi connectivity index (χ2n) is 4.97. The van der Waals surface area contributed by atoms with Gasteiger partial charge in [0, 0.05) is 11.6 Å². The predicted molar refractivity (Wildman–Crippen MR) is 70.4 cm³/mol. The average Bonchev–Trinajstić information content (AvgIpc) is 3.20. The molecule has 3 N–H and O–H groups in total. The van der Waals surface area contributed by atoms with Gasteiger partial charge in [0.05, 0.1) is 7.11 Å². The van der Waals surface area contributed by atoms with E-state index in [0.717, 1.165) is 12.8 Å². The van der Waals surface area contributed by atoms with E-state index in [0.29, 0.717) is 11.3 Å². The molecule has 1 saturated carbocycles. The van der Waals surface area contributed by atoms with E-state index in [9.17, 15) is 15.0 Å². The minimum atomic E-state index is -0.836. The number of aromatic hydroxyl groups is 1. The fraction of sp³-hybridized carbons (Fsp3) is 0.500. The largest absolute Gasteiger partial charge is 0.508 e. The molecule has 1 aromatic carbocycles. The zero-order valence-electron chi connectivity index (χ0n) is 11.1. The molecule has 2 rings (SSSR count). The van der Waals surface area contributed by atoms with Crippen LogP contribution in [0.15, 0.2) is 18.2 Å². The smallest absolute Gasteiger partial charge is 0.320 e. The van der Waals surface area contributed by atoms with E-state index in [1.54, 1.807) is 25.3 Å². The van der Waals surface area contributed by atoms with Crippen molar-refractivity contribution in [2.75, 3.05) is 7.11 Å². The lowest BCUT2D eigenvalue weighted by molar-refractivity contribution is -0.140. The second-order valence-corrected chi connectivity index (χ2v) is 4.97. The third kappa shape index (κ3) is 3.17. The summed E-state index contributed by atoms with van der Waals surface area (Å²) in [4.78, 5) is 11.2. The number of phenols is 1. The van der Waals surface area contributed by atoms with Crippen LogP contribution in [0.4, 0.5) is 0 Å². The van der Waals surface area contributed by atoms with E-state index in [-0.39, 0.29) is 17.7 Å². The standard InChI is InChI=1S/C14H19NO4/c1-8(15-13(14(17)18)9-3-4-9)11-7-10(19-2)5-6-12(11)16/h5-9,13,15-16H,3-4H2,1-2H3,(H,17,18). The maximum absolute atomic E-state index is 11.2. The summed E-state index contributed by atoms with van der Waals surface area (Å²) in [5.41, 5.74) is 0.645. The number of methoxy groups -OCH3 is 1. The van der Waals surface area contributed by atoms with Crippen LogP contribution < -0.4 is 10.1 Å². The van der Waals surface area contributed by atoms with Crippen molar-refractivity contribution in [1.29, 1.82) is 0 Å². The molecule has 0 spiro atoms. The number of phenolic OH excluding ortho intramolecular Hbond substituents is 1. The first kappa shape index (κ1) is 13.7. The van der Waals surface area contributed by atoms with Crippen molar-refractivity contribution in [3.05, 3.63) is 23.8 Å². The lowest BCUT2D eigenvalue weighted by Crippen LogP contribution is -2.40. The summed E-state index contributed by atoms with van der Waals surface area (Å²) in [6.45, 7) is 1.84. The van der Waals surface area contributed by atoms with Crippen LogP contribution in [0, 0.1) is 5.92 Å². The van der Waals surface area contributed by atoms with E-state index < -0.39 is 12.0 Å². The Morgan fingerprint density at radius 2 is 2.16 bits per heavy atom. The van der Waals surface area contributed by atoms with Gasteiger partial charge in [-0.1, -0.05) is 0 Å². The van der Waals surface area contributed by atoms with Gasteiger partial charge in [-0.3, -0.25) is 10.1 Å². The highest BCUT2D eigenvalue weighted by Gasteiger charge is 2.37. The predicted octanol–water partition coefficient (Wildman–Crippen LogP) is 1.91. The quantitative estimate of drug-likeness (QED) is 0.732. The minimum absolute atomic E-state index is 0.140. The van der Waals surface area contributed by atoms with Gasteiger partial charge in [0.1, 0.15) is 17.5 Å². The SMILES string of the molecule is COc1ccc(O)c(C(C)NC(C(=O)O)C2CC2)c1. The van der Waals surface area contributed by atoms with Crippen molar-refractivity contribution >= 4 is 5.97 Å². The Labute approximate surface area is 112 Å². The summed E-state index contributed by atoms with van der Waals surface area (Å²) >= 11 is 0. The summed E-state index contributed by atoms with van der Waals surface area (Å²) in [7, 11) is 1.55. The summed E-state index contributed by atoms with van der Waals surface area (Å²) in [6, 6.07) is 4.14. The van der Waals surface area contributed by atoms with E-state index in [1.165, 1.54) is 0 Å². The van der Waals surface area contributed by atoms with Crippen molar-refractivity contribution in [2.45, 2.75) is 31.8 Å². The average molecular weight is 265 g/mol. The Bertz CT molecular complexity index is 471. The highest BCUT2D eigenvalue weighted by atomic mass is 16.5. The molecule has 2 unspecified atom stereocenters. The maximum Gasteiger partial charge on any atom is 0.320 e. The van der Waals surface area contributed by atoms with Crippen LogP contribution in [0.25, 0.3) is 0 Å². The molecule has 0 aliphatic heterocycles. The number of rotatable bonds is 6. The highest BCUT2D eigenvalue weighted by Crippen LogP contribution is 2.35. The van der Waals surface area contributed by atoms with Gasteiger partial charge in [0.2, 0.25) is 0 Å². The Morgan fingerprint density at radius 3 is 2.68 bits per heavy atom. The number of ether oxygens (including phenoxy) is 1. The summed E-state index contributed by atoms with van der Waals surface area (Å²) in [5.74, 6) is 0.143. The molecule has 0 heterocycles. The van der Waals surface area contributed by atoms with Gasteiger partial charge in [-0.05, 0) is 43.9 Å². The van der Waals surface area contributed by atoms with Crippen molar-refractivity contribution in [1.82, 2.24) is 5.32 Å². The maximum atomic E-state index is 11.2. The van der Waals surface area contributed by atoms with E-state index in [4.69, 9.17) is 4.74 Å². The first-order valence-electron chi connectivity index (χ1n) is 6.38. The number of aliphatic carboxylic acids is 1. The fourth-order valence-electron chi connectivity index (χ4n) is 2.20. The van der Waals surface area contributed by atoms with Gasteiger partial charge in [-0.15, -0.1) is 0 Å². The number of hydrogen-bond donors (Lipinski definition) is 3. The van der Waals surface area contributed by atoms with E-state index in [2.05, 4.69) is 5.32 Å². The first-order chi connectivity index (χ1) is 9.02. The molecular formula is C14H19NO4. The van der Waals surface area contributed by atoms with Gasteiger partial charge in [0.25, 0.3) is 0 Å². The van der Waals surface area contributed by atoms with Crippen LogP contribution in [0.1, 0.15) is 31.4 Å². The van der Waals surface area contributed by atoms with E-state index in [1.807, 2.05) is 6.92 Å². The molecule has 0 radical (unpaired) electrons. The Balaban J connectivity index is 2.14. The van der Waals surface area contributed by atoms with Gasteiger partial charge in [0.15, 0.2) is 0 Å². The number of benzene rings is 1. The molecule has 0 saturated heterocycles. The molecular weight excluding hydrogens is 246 g/mol. The zero-order valence-corrected chi connectivity index (χ0v) is 11.1. The van der Waals surface area contributed by atoms with Crippen molar-refractivity contribution in [2.24, 2.45) is 5.92 Å². The Morgan fingerprint density at radius 1 is 1.47 bits per heavy atom. The van der Waals surface area contributed by atoms with Crippen LogP contribution in [0.5, 0.6) is 11.5 Å². The number of carboxylic acids is 1. The third-order valence-electron chi connectivity index (χ3n) is 3.49. The zero-order chi connectivity index (χ0) is 14.0. The lowest BCUT2D eigenvalue weighted by atomic mass is 10.0. The number of carboxylic acid groups (broad SMARTS) is 1. The lowest BCUT2D eigenvalue weighted by Gasteiger charge is -2.21. The fourth-order valence-corrected chi connectivity index (χ4v) is 2.20. The summed E-state index contributed by atoms with van der Waals surface area (Å²) < 4.78 is 5.12. The molecule has 1 fully saturated rings. The molecule has 5 nitrogen and oxygen atoms in total. The second kappa shape index (κ2) is 5.48. The van der Waals surface area contributed by atoms with Crippen molar-refractivity contribution in [3.8, 4) is 11.5 Å². The topological polar surface area (TPSA) is 78.8 Å². The minimum Gasteiger partial charge on any atom is -0.508 e. The molecule has 5 heteroatoms. The Kier molecular flexibility index (Phi) is 3.95. The van der Waals surface area contributed by atoms with E-state index >= 15 is 0 Å². The van der Waals surface area contributed by atoms with Crippen LogP contribution in [-0.4, -0.2) is 29.3 Å². The van der Waals surface area contributed by atoms with Gasteiger partial charge < -0.3 is 14.9 Å². The summed E-state index contributed by atoms with van der Waals surface area (Å²) in [6.07, 6.45) is 1.89. The molecule has 1 aromatic rings. The third-order valence-corrected chi connectivity index (χ3v) is 3.49. The van der Waals surface area contributed by atoms with Gasteiger partial charge >= 0.3 is 5.97 Å². The van der Waals surface area contributed by atoms with Crippen molar-refractivity contribution in [3.63, 3.8) is 0 Å². The van der Waals surface area contributed by atoms with Gasteiger partial charge in [-0.25, -0.2) is 0 Å². The normalized spacial score (nSPS) is 17.8. The molecule has 19 heavy (non-hydrogen) atoms. The van der Waals surface area contributed by atoms with Crippen LogP contribution in [0.2, 0.25) is 0 Å². The summed E-state index contributed by atoms with van der Waals surface area (Å²) in [5, 5.41) is 22.1. The molecule has 0 bridgehead atoms. The number of nitrogens with one attached hydrogen (secondary N) is 1. The number of hydrogen-bond acceptors (Lipinski definition) is 4. The Hall–Kier alpha value is -1.75. The van der Waals surface area contributed by atoms with Crippen LogP contribution in [-0.2, 0) is 4.79 Å². The van der Waals surface area contributed by atoms with Crippen LogP contribution >= 0.6 is 0 Å². The molecule has 1 aliphatic carbocycles. The first-order valence-corrected chi connectivity index (χ1v) is 6.38. The molecule has 0 amide bonds. The molecule has 104 valence electrons. The van der Waals surface area contributed by atoms with Crippen LogP contribution in [0.3, 0.4) is 0 Å². The molecule has 2 atom stereocenters. The van der Waals surface area contributed by atoms with Gasteiger partial charge in [-0.2, -0.15) is 0 Å². The van der Waals surface area contributed by atoms with Crippen molar-refractivity contribution < 1.29 is 19.7 Å². The highest BCUT2D eigenvalue weighted by molar-refractivity contribution is 5.74. The molecule has 1 aliphatic rings. The monoisotopic (exact) mass is 265 g/mol. The molecule has 0 aromatic heterocycles. The number of carbonyl (C=O) groups is 1.